The number of rotatable bonds is 6. The molecule has 0 aromatic carbocycles. The Kier molecular flexibility index (Phi) is 7.29. The summed E-state index contributed by atoms with van der Waals surface area (Å²) in [6.07, 6.45) is 12.0. The number of ketones is 2. The molecule has 0 spiro atoms. The summed E-state index contributed by atoms with van der Waals surface area (Å²) in [5, 5.41) is 0. The van der Waals surface area contributed by atoms with Crippen LogP contribution >= 0.6 is 0 Å². The van der Waals surface area contributed by atoms with Gasteiger partial charge in [-0.15, -0.1) is 0 Å². The summed E-state index contributed by atoms with van der Waals surface area (Å²) >= 11 is 0. The first-order valence-electron chi connectivity index (χ1n) is 15.4. The van der Waals surface area contributed by atoms with E-state index in [1.54, 1.807) is 6.20 Å². The maximum Gasteiger partial charge on any atom is 0.265 e. The number of aryl methyl sites for hydroxylation is 2. The Labute approximate surface area is 249 Å². The minimum absolute atomic E-state index is 0.120. The first kappa shape index (κ1) is 29.6. The number of anilines is 1. The average Bonchev–Trinajstić information content (AvgIpc) is 3.22. The number of fused-ring (bicyclic) bond motifs is 5. The Hall–Kier alpha value is -2.43. The van der Waals surface area contributed by atoms with Crippen molar-refractivity contribution in [2.45, 2.75) is 78.2 Å². The van der Waals surface area contributed by atoms with E-state index in [1.165, 1.54) is 11.1 Å². The SMILES string of the molecule is Cc1cnc(C)c(N2CCN(CC(=O)[C@@]3(OS(C)(=O)=O)CC[C@H]4[C@@H]5CCC6=CC(=O)CC[C@]6(C)C5=CC[C@@]43C)CC2)n1. The zero-order valence-electron chi connectivity index (χ0n) is 25.6. The lowest BCUT2D eigenvalue weighted by molar-refractivity contribution is -0.148. The van der Waals surface area contributed by atoms with Crippen LogP contribution in [0.15, 0.2) is 29.5 Å². The van der Waals surface area contributed by atoms with Crippen LogP contribution in [0, 0.1) is 36.5 Å². The van der Waals surface area contributed by atoms with E-state index >= 15 is 0 Å². The first-order chi connectivity index (χ1) is 19.8. The van der Waals surface area contributed by atoms with E-state index < -0.39 is 21.1 Å². The van der Waals surface area contributed by atoms with Crippen molar-refractivity contribution in [3.05, 3.63) is 40.9 Å². The van der Waals surface area contributed by atoms with Crippen LogP contribution in [0.4, 0.5) is 5.82 Å². The van der Waals surface area contributed by atoms with Gasteiger partial charge in [-0.2, -0.15) is 8.42 Å². The highest BCUT2D eigenvalue weighted by atomic mass is 32.2. The molecule has 2 heterocycles. The molecule has 1 aromatic heterocycles. The molecule has 1 aliphatic heterocycles. The topological polar surface area (TPSA) is 110 Å². The molecule has 3 fully saturated rings. The molecule has 10 heteroatoms. The number of aromatic nitrogens is 2. The molecule has 0 unspecified atom stereocenters. The van der Waals surface area contributed by atoms with Gasteiger partial charge < -0.3 is 4.90 Å². The van der Waals surface area contributed by atoms with E-state index in [2.05, 4.69) is 39.7 Å². The second kappa shape index (κ2) is 10.3. The van der Waals surface area contributed by atoms with Gasteiger partial charge in [0.25, 0.3) is 10.1 Å². The largest absolute Gasteiger partial charge is 0.353 e. The van der Waals surface area contributed by atoms with Crippen LogP contribution in [0.1, 0.15) is 70.2 Å². The van der Waals surface area contributed by atoms with E-state index in [1.807, 2.05) is 19.9 Å². The third-order valence-electron chi connectivity index (χ3n) is 11.3. The Morgan fingerprint density at radius 2 is 1.83 bits per heavy atom. The van der Waals surface area contributed by atoms with E-state index in [9.17, 15) is 18.0 Å². The molecule has 0 amide bonds. The first-order valence-corrected chi connectivity index (χ1v) is 17.2. The lowest BCUT2D eigenvalue weighted by Crippen LogP contribution is -2.60. The van der Waals surface area contributed by atoms with Gasteiger partial charge in [0.1, 0.15) is 5.82 Å². The molecule has 4 aliphatic carbocycles. The number of carbonyl (C=O) groups is 2. The highest BCUT2D eigenvalue weighted by Crippen LogP contribution is 2.66. The van der Waals surface area contributed by atoms with Gasteiger partial charge in [0.05, 0.1) is 24.2 Å². The van der Waals surface area contributed by atoms with E-state index in [0.717, 1.165) is 62.2 Å². The monoisotopic (exact) mass is 596 g/mol. The van der Waals surface area contributed by atoms with Crippen LogP contribution < -0.4 is 4.90 Å². The lowest BCUT2D eigenvalue weighted by atomic mass is 9.50. The molecule has 0 bridgehead atoms. The van der Waals surface area contributed by atoms with E-state index in [4.69, 9.17) is 4.18 Å². The zero-order chi connectivity index (χ0) is 30.1. The third-order valence-corrected chi connectivity index (χ3v) is 11.9. The van der Waals surface area contributed by atoms with Crippen LogP contribution in [0.5, 0.6) is 0 Å². The fourth-order valence-electron chi connectivity index (χ4n) is 9.03. The van der Waals surface area contributed by atoms with Gasteiger partial charge in [-0.25, -0.2) is 4.98 Å². The number of hydrogen-bond donors (Lipinski definition) is 0. The number of hydrogen-bond acceptors (Lipinski definition) is 9. The van der Waals surface area contributed by atoms with Gasteiger partial charge in [0.2, 0.25) is 0 Å². The van der Waals surface area contributed by atoms with Crippen molar-refractivity contribution >= 4 is 27.5 Å². The summed E-state index contributed by atoms with van der Waals surface area (Å²) in [6.45, 7) is 11.2. The number of carbonyl (C=O) groups excluding carboxylic acids is 2. The summed E-state index contributed by atoms with van der Waals surface area (Å²) in [5.41, 5.74) is 2.26. The van der Waals surface area contributed by atoms with Gasteiger partial charge in [0, 0.05) is 49.6 Å². The predicted octanol–water partition coefficient (Wildman–Crippen LogP) is 3.95. The number of nitrogens with zero attached hydrogens (tertiary/aromatic N) is 4. The Bertz CT molecular complexity index is 1480. The van der Waals surface area contributed by atoms with Crippen LogP contribution in [0.2, 0.25) is 0 Å². The summed E-state index contributed by atoms with van der Waals surface area (Å²) < 4.78 is 31.5. The smallest absolute Gasteiger partial charge is 0.265 e. The maximum absolute atomic E-state index is 14.4. The predicted molar refractivity (Wildman–Crippen MR) is 161 cm³/mol. The van der Waals surface area contributed by atoms with Crippen molar-refractivity contribution in [2.24, 2.45) is 22.7 Å². The number of piperazine rings is 1. The van der Waals surface area contributed by atoms with Crippen LogP contribution in [-0.2, 0) is 23.9 Å². The fourth-order valence-corrected chi connectivity index (χ4v) is 9.91. The molecule has 2 saturated carbocycles. The second-order valence-electron chi connectivity index (χ2n) is 13.8. The van der Waals surface area contributed by atoms with Gasteiger partial charge in [0.15, 0.2) is 17.2 Å². The summed E-state index contributed by atoms with van der Waals surface area (Å²) in [7, 11) is -3.89. The average molecular weight is 597 g/mol. The molecule has 1 saturated heterocycles. The van der Waals surface area contributed by atoms with Crippen molar-refractivity contribution in [1.29, 1.82) is 0 Å². The molecule has 9 nitrogen and oxygen atoms in total. The van der Waals surface area contributed by atoms with Gasteiger partial charge >= 0.3 is 0 Å². The highest BCUT2D eigenvalue weighted by molar-refractivity contribution is 7.86. The molecule has 0 N–H and O–H groups in total. The fraction of sp³-hybridized carbons (Fsp3) is 0.688. The normalized spacial score (nSPS) is 35.2. The molecule has 0 radical (unpaired) electrons. The zero-order valence-corrected chi connectivity index (χ0v) is 26.4. The Balaban J connectivity index is 1.25. The third kappa shape index (κ3) is 4.78. The Morgan fingerprint density at radius 3 is 2.55 bits per heavy atom. The summed E-state index contributed by atoms with van der Waals surface area (Å²) in [5.74, 6) is 1.39. The van der Waals surface area contributed by atoms with Crippen molar-refractivity contribution < 1.29 is 22.2 Å². The number of Topliss-reactive ketones (excluding diaryl/α,β-unsaturated/α-hetero) is 1. The lowest BCUT2D eigenvalue weighted by Gasteiger charge is -2.55. The standard InChI is InChI=1S/C32H44N4O5S/c1-21-19-33-22(2)29(34-21)36-16-14-35(15-17-36)20-28(38)32(41-42(5,39)40)13-10-27-25-7-6-23-18-24(37)8-11-30(23,3)26(25)9-12-31(27,32)4/h9,18-19,25,27H,6-8,10-17,20H2,1-5H3/t25-,27+,30+,31+,32+/m1/s1. The molecule has 228 valence electrons. The molecule has 42 heavy (non-hydrogen) atoms. The van der Waals surface area contributed by atoms with Crippen molar-refractivity contribution in [3.63, 3.8) is 0 Å². The van der Waals surface area contributed by atoms with E-state index in [0.29, 0.717) is 32.4 Å². The van der Waals surface area contributed by atoms with Crippen LogP contribution in [-0.4, -0.2) is 79.4 Å². The quantitative estimate of drug-likeness (QED) is 0.356. The summed E-state index contributed by atoms with van der Waals surface area (Å²) in [4.78, 5) is 40.1. The molecule has 5 atom stereocenters. The highest BCUT2D eigenvalue weighted by Gasteiger charge is 2.67. The van der Waals surface area contributed by atoms with Crippen molar-refractivity contribution in [3.8, 4) is 0 Å². The molecular formula is C32H44N4O5S. The van der Waals surface area contributed by atoms with Crippen molar-refractivity contribution in [1.82, 2.24) is 14.9 Å². The molecule has 5 aliphatic rings. The Morgan fingerprint density at radius 1 is 1.10 bits per heavy atom. The second-order valence-corrected chi connectivity index (χ2v) is 15.3. The molecule has 6 rings (SSSR count). The maximum atomic E-state index is 14.4. The van der Waals surface area contributed by atoms with E-state index in [-0.39, 0.29) is 35.4 Å². The minimum atomic E-state index is -3.89. The summed E-state index contributed by atoms with van der Waals surface area (Å²) in [6, 6.07) is 0. The van der Waals surface area contributed by atoms with Crippen molar-refractivity contribution in [2.75, 3.05) is 43.9 Å². The molecule has 1 aromatic rings. The number of allylic oxidation sites excluding steroid dienone is 4. The van der Waals surface area contributed by atoms with Crippen LogP contribution in [0.3, 0.4) is 0 Å². The molecular weight excluding hydrogens is 552 g/mol. The van der Waals surface area contributed by atoms with Crippen LogP contribution in [0.25, 0.3) is 0 Å². The van der Waals surface area contributed by atoms with Gasteiger partial charge in [-0.1, -0.05) is 31.1 Å². The van der Waals surface area contributed by atoms with Gasteiger partial charge in [-0.05, 0) is 70.3 Å². The van der Waals surface area contributed by atoms with Gasteiger partial charge in [-0.3, -0.25) is 23.7 Å². The minimum Gasteiger partial charge on any atom is -0.353 e.